The minimum atomic E-state index is -4.22. The minimum Gasteiger partial charge on any atom is -0.395 e. The van der Waals surface area contributed by atoms with Gasteiger partial charge in [-0.2, -0.15) is 18.6 Å². The maximum Gasteiger partial charge on any atom is 0.294 e. The molecule has 0 unspecified atom stereocenters. The van der Waals surface area contributed by atoms with Gasteiger partial charge in [0.15, 0.2) is 0 Å². The Morgan fingerprint density at radius 3 is 1.64 bits per heavy atom. The van der Waals surface area contributed by atoms with Gasteiger partial charge in [-0.15, -0.1) is 0 Å². The van der Waals surface area contributed by atoms with E-state index in [0.717, 1.165) is 5.69 Å². The van der Waals surface area contributed by atoms with E-state index in [-0.39, 0.29) is 18.1 Å². The van der Waals surface area contributed by atoms with Crippen LogP contribution in [0.2, 0.25) is 0 Å². The lowest BCUT2D eigenvalue weighted by molar-refractivity contribution is 0.281. The predicted molar refractivity (Wildman–Crippen MR) is 93.3 cm³/mol. The maximum absolute atomic E-state index is 11.0. The highest BCUT2D eigenvalue weighted by atomic mass is 32.2. The number of rotatable bonds is 8. The van der Waals surface area contributed by atoms with Crippen molar-refractivity contribution >= 4 is 27.2 Å². The summed E-state index contributed by atoms with van der Waals surface area (Å²) in [4.78, 5) is 1.64. The molecule has 2 rings (SSSR count). The molecule has 0 aromatic heterocycles. The lowest BCUT2D eigenvalue weighted by Crippen LogP contribution is -2.29. The lowest BCUT2D eigenvalue weighted by Gasteiger charge is -2.22. The van der Waals surface area contributed by atoms with Crippen molar-refractivity contribution in [3.05, 3.63) is 48.5 Å². The van der Waals surface area contributed by atoms with Gasteiger partial charge in [-0.3, -0.25) is 4.55 Å². The summed E-state index contributed by atoms with van der Waals surface area (Å²) >= 11 is 0. The Balaban J connectivity index is 2.08. The van der Waals surface area contributed by atoms with Gasteiger partial charge in [0.05, 0.1) is 29.5 Å². The van der Waals surface area contributed by atoms with Crippen LogP contribution in [-0.2, 0) is 10.1 Å². The normalized spacial score (nSPS) is 11.8. The molecular weight excluding hydrogens is 346 g/mol. The standard InChI is InChI=1S/C16H19N3O5S/c20-11-9-19(10-12-21)15-5-1-13(2-6-15)17-18-14-3-7-16(8-4-14)25(22,23)24/h1-8,20-21H,9-12H2,(H,22,23,24). The molecule has 25 heavy (non-hydrogen) atoms. The Morgan fingerprint density at radius 1 is 0.800 bits per heavy atom. The first-order chi connectivity index (χ1) is 11.9. The highest BCUT2D eigenvalue weighted by molar-refractivity contribution is 7.85. The van der Waals surface area contributed by atoms with E-state index in [9.17, 15) is 8.42 Å². The van der Waals surface area contributed by atoms with Crippen molar-refractivity contribution in [1.82, 2.24) is 0 Å². The van der Waals surface area contributed by atoms with Gasteiger partial charge in [-0.25, -0.2) is 0 Å². The zero-order valence-electron chi connectivity index (χ0n) is 13.4. The van der Waals surface area contributed by atoms with Gasteiger partial charge in [-0.1, -0.05) is 0 Å². The smallest absolute Gasteiger partial charge is 0.294 e. The summed E-state index contributed by atoms with van der Waals surface area (Å²) in [6, 6.07) is 12.5. The van der Waals surface area contributed by atoms with Crippen LogP contribution in [0.4, 0.5) is 17.1 Å². The zero-order valence-corrected chi connectivity index (χ0v) is 14.2. The summed E-state index contributed by atoms with van der Waals surface area (Å²) in [6.45, 7) is 0.811. The summed E-state index contributed by atoms with van der Waals surface area (Å²) in [5.41, 5.74) is 1.88. The van der Waals surface area contributed by atoms with Crippen molar-refractivity contribution in [3.63, 3.8) is 0 Å². The second-order valence-electron chi connectivity index (χ2n) is 5.12. The summed E-state index contributed by atoms with van der Waals surface area (Å²) in [6.07, 6.45) is 0. The summed E-state index contributed by atoms with van der Waals surface area (Å²) in [7, 11) is -4.22. The Bertz CT molecular complexity index is 799. The molecule has 0 atom stereocenters. The Morgan fingerprint density at radius 2 is 1.24 bits per heavy atom. The Kier molecular flexibility index (Phi) is 6.59. The van der Waals surface area contributed by atoms with E-state index in [2.05, 4.69) is 10.2 Å². The number of azo groups is 1. The maximum atomic E-state index is 11.0. The van der Waals surface area contributed by atoms with E-state index in [1.165, 1.54) is 24.3 Å². The van der Waals surface area contributed by atoms with Gasteiger partial charge in [0.25, 0.3) is 10.1 Å². The lowest BCUT2D eigenvalue weighted by atomic mass is 10.2. The molecule has 0 aliphatic carbocycles. The molecule has 8 nitrogen and oxygen atoms in total. The van der Waals surface area contributed by atoms with Crippen molar-refractivity contribution < 1.29 is 23.2 Å². The Hall–Kier alpha value is -2.33. The third kappa shape index (κ3) is 5.61. The number of benzene rings is 2. The SMILES string of the molecule is O=S(=O)(O)c1ccc(N=Nc2ccc(N(CCO)CCO)cc2)cc1. The largest absolute Gasteiger partial charge is 0.395 e. The first-order valence-electron chi connectivity index (χ1n) is 7.50. The number of anilines is 1. The van der Waals surface area contributed by atoms with Crippen LogP contribution in [0.5, 0.6) is 0 Å². The summed E-state index contributed by atoms with van der Waals surface area (Å²) in [5.74, 6) is 0. The monoisotopic (exact) mass is 365 g/mol. The zero-order chi connectivity index (χ0) is 18.3. The van der Waals surface area contributed by atoms with Crippen molar-refractivity contribution in [3.8, 4) is 0 Å². The molecule has 134 valence electrons. The molecule has 0 heterocycles. The summed E-state index contributed by atoms with van der Waals surface area (Å²) in [5, 5.41) is 26.2. The van der Waals surface area contributed by atoms with E-state index < -0.39 is 10.1 Å². The van der Waals surface area contributed by atoms with Crippen LogP contribution in [0.25, 0.3) is 0 Å². The minimum absolute atomic E-state index is 0.0129. The predicted octanol–water partition coefficient (Wildman–Crippen LogP) is 2.14. The van der Waals surface area contributed by atoms with E-state index in [4.69, 9.17) is 14.8 Å². The number of hydrogen-bond acceptors (Lipinski definition) is 7. The van der Waals surface area contributed by atoms with Crippen LogP contribution >= 0.6 is 0 Å². The summed E-state index contributed by atoms with van der Waals surface area (Å²) < 4.78 is 30.9. The first-order valence-corrected chi connectivity index (χ1v) is 8.94. The molecule has 2 aromatic carbocycles. The van der Waals surface area contributed by atoms with Crippen LogP contribution < -0.4 is 4.90 Å². The molecule has 0 aliphatic heterocycles. The molecular formula is C16H19N3O5S. The number of hydrogen-bond donors (Lipinski definition) is 3. The number of aliphatic hydroxyl groups excluding tert-OH is 2. The highest BCUT2D eigenvalue weighted by Crippen LogP contribution is 2.23. The first kappa shape index (κ1) is 19.0. The van der Waals surface area contributed by atoms with E-state index >= 15 is 0 Å². The highest BCUT2D eigenvalue weighted by Gasteiger charge is 2.08. The van der Waals surface area contributed by atoms with Gasteiger partial charge in [0.1, 0.15) is 0 Å². The van der Waals surface area contributed by atoms with E-state index in [1.54, 1.807) is 24.3 Å². The van der Waals surface area contributed by atoms with Crippen LogP contribution in [0.1, 0.15) is 0 Å². The molecule has 0 saturated carbocycles. The van der Waals surface area contributed by atoms with Crippen molar-refractivity contribution in [2.45, 2.75) is 4.90 Å². The second-order valence-corrected chi connectivity index (χ2v) is 6.54. The van der Waals surface area contributed by atoms with Crippen molar-refractivity contribution in [2.75, 3.05) is 31.2 Å². The van der Waals surface area contributed by atoms with Gasteiger partial charge >= 0.3 is 0 Å². The molecule has 0 aliphatic rings. The van der Waals surface area contributed by atoms with Gasteiger partial charge in [-0.05, 0) is 48.5 Å². The third-order valence-corrected chi connectivity index (χ3v) is 4.24. The topological polar surface area (TPSA) is 123 Å². The molecule has 0 fully saturated rings. The molecule has 0 spiro atoms. The fraction of sp³-hybridized carbons (Fsp3) is 0.250. The van der Waals surface area contributed by atoms with Crippen molar-refractivity contribution in [1.29, 1.82) is 0 Å². The molecule has 2 aromatic rings. The third-order valence-electron chi connectivity index (χ3n) is 3.37. The molecule has 0 radical (unpaired) electrons. The molecule has 0 saturated heterocycles. The fourth-order valence-corrected chi connectivity index (χ4v) is 2.62. The molecule has 0 bridgehead atoms. The molecule has 9 heteroatoms. The molecule has 0 amide bonds. The molecule has 3 N–H and O–H groups in total. The second kappa shape index (κ2) is 8.67. The van der Waals surface area contributed by atoms with Crippen molar-refractivity contribution in [2.24, 2.45) is 10.2 Å². The number of nitrogens with zero attached hydrogens (tertiary/aromatic N) is 3. The van der Waals surface area contributed by atoms with Gasteiger partial charge < -0.3 is 15.1 Å². The van der Waals surface area contributed by atoms with Gasteiger partial charge in [0, 0.05) is 18.8 Å². The van der Waals surface area contributed by atoms with Crippen LogP contribution in [0.3, 0.4) is 0 Å². The average molecular weight is 365 g/mol. The van der Waals surface area contributed by atoms with E-state index in [0.29, 0.717) is 24.5 Å². The van der Waals surface area contributed by atoms with Crippen LogP contribution in [0.15, 0.2) is 63.7 Å². The quantitative estimate of drug-likeness (QED) is 0.486. The van der Waals surface area contributed by atoms with Crippen LogP contribution in [0, 0.1) is 0 Å². The van der Waals surface area contributed by atoms with E-state index in [1.807, 2.05) is 4.90 Å². The van der Waals surface area contributed by atoms with Gasteiger partial charge in [0.2, 0.25) is 0 Å². The van der Waals surface area contributed by atoms with Crippen LogP contribution in [-0.4, -0.2) is 49.5 Å². The fourth-order valence-electron chi connectivity index (χ4n) is 2.14. The number of aliphatic hydroxyl groups is 2. The Labute approximate surface area is 145 Å². The average Bonchev–Trinajstić information content (AvgIpc) is 2.60.